The lowest BCUT2D eigenvalue weighted by Gasteiger charge is -2.33. The van der Waals surface area contributed by atoms with Crippen molar-refractivity contribution in [2.24, 2.45) is 0 Å². The second-order valence-corrected chi connectivity index (χ2v) is 5.27. The maximum Gasteiger partial charge on any atom is 0.221 e. The predicted molar refractivity (Wildman–Crippen MR) is 68.9 cm³/mol. The molecule has 4 nitrogen and oxygen atoms in total. The largest absolute Gasteiger partial charge is 0.356 e. The van der Waals surface area contributed by atoms with E-state index in [1.54, 1.807) is 0 Å². The van der Waals surface area contributed by atoms with Crippen LogP contribution in [0.1, 0.15) is 39.0 Å². The van der Waals surface area contributed by atoms with Gasteiger partial charge in [-0.15, -0.1) is 0 Å². The molecule has 0 saturated carbocycles. The summed E-state index contributed by atoms with van der Waals surface area (Å²) in [6.45, 7) is 6.65. The number of likely N-dealkylation sites (tertiary alicyclic amines) is 1. The molecule has 0 aromatic rings. The highest BCUT2D eigenvalue weighted by Gasteiger charge is 2.23. The summed E-state index contributed by atoms with van der Waals surface area (Å²) in [5.74, 6) is 0.214. The minimum Gasteiger partial charge on any atom is -0.356 e. The van der Waals surface area contributed by atoms with Crippen molar-refractivity contribution in [1.82, 2.24) is 15.5 Å². The third-order valence-electron chi connectivity index (χ3n) is 3.99. The molecule has 1 atom stereocenters. The van der Waals surface area contributed by atoms with E-state index in [0.29, 0.717) is 18.5 Å². The molecule has 2 N–H and O–H groups in total. The van der Waals surface area contributed by atoms with Crippen LogP contribution in [0, 0.1) is 0 Å². The average Bonchev–Trinajstić information content (AvgIpc) is 2.55. The lowest BCUT2D eigenvalue weighted by molar-refractivity contribution is -0.121. The first-order chi connectivity index (χ1) is 8.28. The van der Waals surface area contributed by atoms with E-state index in [0.717, 1.165) is 19.4 Å². The van der Waals surface area contributed by atoms with Crippen molar-refractivity contribution in [3.8, 4) is 0 Å². The molecular formula is C13H25N3O. The molecule has 1 amide bonds. The summed E-state index contributed by atoms with van der Waals surface area (Å²) < 4.78 is 0. The maximum atomic E-state index is 11.5. The molecule has 17 heavy (non-hydrogen) atoms. The van der Waals surface area contributed by atoms with Gasteiger partial charge in [0.25, 0.3) is 0 Å². The Morgan fingerprint density at radius 1 is 1.29 bits per heavy atom. The number of carbonyl (C=O) groups excluding carboxylic acids is 1. The van der Waals surface area contributed by atoms with Gasteiger partial charge in [0.1, 0.15) is 0 Å². The molecule has 0 bridgehead atoms. The minimum atomic E-state index is 0.214. The second-order valence-electron chi connectivity index (χ2n) is 5.27. The van der Waals surface area contributed by atoms with Gasteiger partial charge in [0.05, 0.1) is 0 Å². The van der Waals surface area contributed by atoms with Crippen LogP contribution in [0.2, 0.25) is 0 Å². The molecular weight excluding hydrogens is 214 g/mol. The highest BCUT2D eigenvalue weighted by molar-refractivity contribution is 5.76. The number of nitrogens with one attached hydrogen (secondary N) is 2. The molecule has 2 rings (SSSR count). The van der Waals surface area contributed by atoms with Crippen molar-refractivity contribution in [1.29, 1.82) is 0 Å². The van der Waals surface area contributed by atoms with Gasteiger partial charge in [-0.25, -0.2) is 0 Å². The quantitative estimate of drug-likeness (QED) is 0.763. The molecule has 0 radical (unpaired) electrons. The van der Waals surface area contributed by atoms with E-state index in [9.17, 15) is 4.79 Å². The minimum absolute atomic E-state index is 0.214. The van der Waals surface area contributed by atoms with Crippen LogP contribution in [0.5, 0.6) is 0 Å². The number of carbonyl (C=O) groups is 1. The molecule has 0 aromatic heterocycles. The monoisotopic (exact) mass is 239 g/mol. The van der Waals surface area contributed by atoms with E-state index >= 15 is 0 Å². The lowest BCUT2D eigenvalue weighted by Crippen LogP contribution is -2.46. The van der Waals surface area contributed by atoms with Crippen molar-refractivity contribution < 1.29 is 4.79 Å². The smallest absolute Gasteiger partial charge is 0.221 e. The average molecular weight is 239 g/mol. The van der Waals surface area contributed by atoms with Crippen molar-refractivity contribution in [2.75, 3.05) is 26.2 Å². The Morgan fingerprint density at radius 3 is 2.76 bits per heavy atom. The van der Waals surface area contributed by atoms with Gasteiger partial charge >= 0.3 is 0 Å². The Bertz CT molecular complexity index is 249. The van der Waals surface area contributed by atoms with Crippen LogP contribution in [0.3, 0.4) is 0 Å². The van der Waals surface area contributed by atoms with Crippen LogP contribution in [0.4, 0.5) is 0 Å². The fourth-order valence-electron chi connectivity index (χ4n) is 2.87. The van der Waals surface area contributed by atoms with Crippen LogP contribution in [-0.2, 0) is 4.79 Å². The van der Waals surface area contributed by atoms with Crippen molar-refractivity contribution in [3.05, 3.63) is 0 Å². The highest BCUT2D eigenvalue weighted by atomic mass is 16.1. The molecule has 2 saturated heterocycles. The molecule has 0 spiro atoms. The Labute approximate surface area is 104 Å². The Morgan fingerprint density at radius 2 is 2.06 bits per heavy atom. The van der Waals surface area contributed by atoms with Crippen molar-refractivity contribution >= 4 is 5.91 Å². The van der Waals surface area contributed by atoms with Crippen LogP contribution in [-0.4, -0.2) is 49.1 Å². The lowest BCUT2D eigenvalue weighted by atomic mass is 10.0. The van der Waals surface area contributed by atoms with Crippen molar-refractivity contribution in [3.63, 3.8) is 0 Å². The van der Waals surface area contributed by atoms with E-state index in [1.807, 2.05) is 0 Å². The van der Waals surface area contributed by atoms with Crippen LogP contribution in [0.15, 0.2) is 0 Å². The van der Waals surface area contributed by atoms with Crippen LogP contribution >= 0.6 is 0 Å². The summed E-state index contributed by atoms with van der Waals surface area (Å²) in [6.07, 6.45) is 5.36. The standard InChI is InChI=1S/C13H25N3O/c1-2-16-8-5-11(6-9-16)15-12-4-3-7-14-13(17)10-12/h11-12,15H,2-10H2,1H3,(H,14,17). The first kappa shape index (κ1) is 12.8. The van der Waals surface area contributed by atoms with Gasteiger partial charge in [-0.1, -0.05) is 6.92 Å². The summed E-state index contributed by atoms with van der Waals surface area (Å²) >= 11 is 0. The third kappa shape index (κ3) is 3.96. The summed E-state index contributed by atoms with van der Waals surface area (Å²) in [4.78, 5) is 14.0. The summed E-state index contributed by atoms with van der Waals surface area (Å²) in [5, 5.41) is 6.63. The molecule has 2 aliphatic rings. The molecule has 0 aromatic carbocycles. The normalized spacial score (nSPS) is 28.8. The van der Waals surface area contributed by atoms with Gasteiger partial charge in [0.15, 0.2) is 0 Å². The van der Waals surface area contributed by atoms with Gasteiger partial charge in [-0.3, -0.25) is 4.79 Å². The maximum absolute atomic E-state index is 11.5. The summed E-state index contributed by atoms with van der Waals surface area (Å²) in [6, 6.07) is 1.02. The summed E-state index contributed by atoms with van der Waals surface area (Å²) in [5.41, 5.74) is 0. The first-order valence-electron chi connectivity index (χ1n) is 7.03. The first-order valence-corrected chi connectivity index (χ1v) is 7.03. The zero-order chi connectivity index (χ0) is 12.1. The zero-order valence-corrected chi connectivity index (χ0v) is 10.9. The number of nitrogens with zero attached hydrogens (tertiary/aromatic N) is 1. The van der Waals surface area contributed by atoms with E-state index in [4.69, 9.17) is 0 Å². The van der Waals surface area contributed by atoms with E-state index in [1.165, 1.54) is 32.5 Å². The Kier molecular flexibility index (Phi) is 4.80. The molecule has 98 valence electrons. The molecule has 2 aliphatic heterocycles. The fourth-order valence-corrected chi connectivity index (χ4v) is 2.87. The van der Waals surface area contributed by atoms with E-state index < -0.39 is 0 Å². The predicted octanol–water partition coefficient (Wildman–Crippen LogP) is 0.729. The van der Waals surface area contributed by atoms with Crippen LogP contribution < -0.4 is 10.6 Å². The number of hydrogen-bond acceptors (Lipinski definition) is 3. The van der Waals surface area contributed by atoms with E-state index in [2.05, 4.69) is 22.5 Å². The Balaban J connectivity index is 1.74. The van der Waals surface area contributed by atoms with E-state index in [-0.39, 0.29) is 5.91 Å². The van der Waals surface area contributed by atoms with Crippen molar-refractivity contribution in [2.45, 2.75) is 51.1 Å². The molecule has 0 aliphatic carbocycles. The van der Waals surface area contributed by atoms with Gasteiger partial charge < -0.3 is 15.5 Å². The fraction of sp³-hybridized carbons (Fsp3) is 0.923. The molecule has 1 unspecified atom stereocenters. The SMILES string of the molecule is CCN1CCC(NC2CCCNC(=O)C2)CC1. The van der Waals surface area contributed by atoms with Gasteiger partial charge in [0, 0.05) is 25.0 Å². The highest BCUT2D eigenvalue weighted by Crippen LogP contribution is 2.14. The Hall–Kier alpha value is -0.610. The van der Waals surface area contributed by atoms with Gasteiger partial charge in [-0.2, -0.15) is 0 Å². The molecule has 2 heterocycles. The number of hydrogen-bond donors (Lipinski definition) is 2. The molecule has 4 heteroatoms. The molecule has 2 fully saturated rings. The van der Waals surface area contributed by atoms with Crippen LogP contribution in [0.25, 0.3) is 0 Å². The summed E-state index contributed by atoms with van der Waals surface area (Å²) in [7, 11) is 0. The number of piperidine rings is 1. The second kappa shape index (κ2) is 6.36. The zero-order valence-electron chi connectivity index (χ0n) is 10.9. The number of amides is 1. The topological polar surface area (TPSA) is 44.4 Å². The van der Waals surface area contributed by atoms with Gasteiger partial charge in [0.2, 0.25) is 5.91 Å². The third-order valence-corrected chi connectivity index (χ3v) is 3.99. The van der Waals surface area contributed by atoms with Gasteiger partial charge in [-0.05, 0) is 45.3 Å². The number of rotatable bonds is 3.